The highest BCUT2D eigenvalue weighted by atomic mass is 35.5. The predicted octanol–water partition coefficient (Wildman–Crippen LogP) is 4.73. The second-order valence-electron chi connectivity index (χ2n) is 10.6. The molecule has 2 atom stereocenters. The minimum atomic E-state index is -1.11. The van der Waals surface area contributed by atoms with Crippen molar-refractivity contribution in [3.05, 3.63) is 64.8 Å². The predicted molar refractivity (Wildman–Crippen MR) is 141 cm³/mol. The molecule has 4 rings (SSSR count). The van der Waals surface area contributed by atoms with E-state index in [1.54, 1.807) is 35.4 Å². The number of ether oxygens (including phenoxy) is 1. The van der Waals surface area contributed by atoms with Crippen LogP contribution in [0.5, 0.6) is 5.75 Å². The number of carbonyl (C=O) groups is 2. The Hall–Kier alpha value is -3.03. The number of nitrogens with one attached hydrogen (secondary N) is 2. The molecule has 2 aromatic carbocycles. The lowest BCUT2D eigenvalue weighted by Crippen LogP contribution is -2.60. The van der Waals surface area contributed by atoms with Gasteiger partial charge in [0.15, 0.2) is 0 Å². The zero-order valence-corrected chi connectivity index (χ0v) is 22.1. The summed E-state index contributed by atoms with van der Waals surface area (Å²) in [5.74, 6) is -0.227. The molecule has 3 aromatic rings. The average molecular weight is 512 g/mol. The molecule has 1 aliphatic heterocycles. The van der Waals surface area contributed by atoms with Crippen LogP contribution < -0.4 is 10.1 Å². The molecule has 2 amide bonds. The number of halogens is 1. The van der Waals surface area contributed by atoms with Gasteiger partial charge in [-0.2, -0.15) is 0 Å². The molecular formula is C28H34ClN3O4. The molecule has 0 saturated carbocycles. The van der Waals surface area contributed by atoms with E-state index in [1.165, 1.54) is 7.11 Å². The van der Waals surface area contributed by atoms with Gasteiger partial charge in [0.2, 0.25) is 5.91 Å². The number of aliphatic hydroxyl groups is 1. The number of benzene rings is 2. The first kappa shape index (κ1) is 26.0. The molecule has 3 N–H and O–H groups in total. The van der Waals surface area contributed by atoms with E-state index in [2.05, 4.69) is 10.3 Å². The van der Waals surface area contributed by atoms with Crippen molar-refractivity contribution in [3.8, 4) is 5.75 Å². The monoisotopic (exact) mass is 511 g/mol. The molecule has 1 aromatic heterocycles. The number of likely N-dealkylation sites (tertiary alicyclic amines) is 1. The van der Waals surface area contributed by atoms with Crippen molar-refractivity contribution < 1.29 is 19.4 Å². The standard InChI is InChI=1S/C28H34ClN3O4/c1-17(2)24(31-25(33)21-14-18-10-12-30-22(18)15-23(21)36-5)26(34)32-13-11-28(35,27(3,4)16-32)19-6-8-20(29)9-7-19/h6-10,12,14-15,17,24,30,35H,11,13,16H2,1-5H3,(H,31,33)/t24-,28+/m1/s1. The highest BCUT2D eigenvalue weighted by Crippen LogP contribution is 2.46. The van der Waals surface area contributed by atoms with Crippen LogP contribution in [0.2, 0.25) is 5.02 Å². The number of aromatic amines is 1. The Kier molecular flexibility index (Phi) is 7.08. The van der Waals surface area contributed by atoms with Crippen molar-refractivity contribution in [1.82, 2.24) is 15.2 Å². The summed E-state index contributed by atoms with van der Waals surface area (Å²) in [6.45, 7) is 8.47. The van der Waals surface area contributed by atoms with Crippen molar-refractivity contribution in [3.63, 3.8) is 0 Å². The Balaban J connectivity index is 1.54. The number of nitrogens with zero attached hydrogens (tertiary/aromatic N) is 1. The highest BCUT2D eigenvalue weighted by molar-refractivity contribution is 6.30. The molecule has 0 radical (unpaired) electrons. The molecule has 8 heteroatoms. The van der Waals surface area contributed by atoms with Crippen LogP contribution in [0.25, 0.3) is 10.9 Å². The van der Waals surface area contributed by atoms with E-state index in [0.29, 0.717) is 35.8 Å². The number of H-pyrrole nitrogens is 1. The molecule has 7 nitrogen and oxygen atoms in total. The number of amides is 2. The Bertz CT molecular complexity index is 1270. The number of piperidine rings is 1. The lowest BCUT2D eigenvalue weighted by molar-refractivity contribution is -0.155. The molecule has 0 unspecified atom stereocenters. The number of hydrogen-bond acceptors (Lipinski definition) is 4. The zero-order valence-electron chi connectivity index (χ0n) is 21.4. The molecule has 1 saturated heterocycles. The van der Waals surface area contributed by atoms with Gasteiger partial charge in [0.1, 0.15) is 11.8 Å². The molecule has 192 valence electrons. The van der Waals surface area contributed by atoms with Crippen molar-refractivity contribution in [2.24, 2.45) is 11.3 Å². The van der Waals surface area contributed by atoms with E-state index in [1.807, 2.05) is 45.9 Å². The third-order valence-corrected chi connectivity index (χ3v) is 7.67. The summed E-state index contributed by atoms with van der Waals surface area (Å²) >= 11 is 6.05. The molecule has 2 heterocycles. The maximum Gasteiger partial charge on any atom is 0.255 e. The number of fused-ring (bicyclic) bond motifs is 1. The minimum absolute atomic E-state index is 0.136. The van der Waals surface area contributed by atoms with Crippen LogP contribution in [-0.2, 0) is 10.4 Å². The first-order valence-electron chi connectivity index (χ1n) is 12.2. The van der Waals surface area contributed by atoms with Gasteiger partial charge < -0.3 is 25.0 Å². The Morgan fingerprint density at radius 3 is 2.47 bits per heavy atom. The maximum absolute atomic E-state index is 13.7. The highest BCUT2D eigenvalue weighted by Gasteiger charge is 2.50. The Labute approximate surface area is 216 Å². The van der Waals surface area contributed by atoms with Gasteiger partial charge in [-0.25, -0.2) is 0 Å². The topological polar surface area (TPSA) is 94.7 Å². The smallest absolute Gasteiger partial charge is 0.255 e. The number of aromatic nitrogens is 1. The number of rotatable bonds is 6. The fourth-order valence-corrected chi connectivity index (χ4v) is 5.25. The van der Waals surface area contributed by atoms with Gasteiger partial charge in [0.05, 0.1) is 18.3 Å². The molecule has 1 aliphatic rings. The van der Waals surface area contributed by atoms with Gasteiger partial charge in [-0.15, -0.1) is 0 Å². The van der Waals surface area contributed by atoms with E-state index in [9.17, 15) is 14.7 Å². The van der Waals surface area contributed by atoms with Crippen LogP contribution in [0.15, 0.2) is 48.7 Å². The Morgan fingerprint density at radius 1 is 1.17 bits per heavy atom. The average Bonchev–Trinajstić information content (AvgIpc) is 3.30. The fraction of sp³-hybridized carbons (Fsp3) is 0.429. The summed E-state index contributed by atoms with van der Waals surface area (Å²) in [4.78, 5) is 31.9. The van der Waals surface area contributed by atoms with E-state index >= 15 is 0 Å². The van der Waals surface area contributed by atoms with E-state index in [0.717, 1.165) is 16.5 Å². The van der Waals surface area contributed by atoms with E-state index in [4.69, 9.17) is 16.3 Å². The van der Waals surface area contributed by atoms with Crippen LogP contribution in [0, 0.1) is 11.3 Å². The summed E-state index contributed by atoms with van der Waals surface area (Å²) in [6, 6.07) is 11.9. The molecular weight excluding hydrogens is 478 g/mol. The van der Waals surface area contributed by atoms with Crippen molar-refractivity contribution >= 4 is 34.3 Å². The molecule has 1 fully saturated rings. The Morgan fingerprint density at radius 2 is 1.86 bits per heavy atom. The van der Waals surface area contributed by atoms with Crippen molar-refractivity contribution in [2.45, 2.75) is 45.8 Å². The largest absolute Gasteiger partial charge is 0.496 e. The van der Waals surface area contributed by atoms with Gasteiger partial charge in [-0.1, -0.05) is 51.4 Å². The summed E-state index contributed by atoms with van der Waals surface area (Å²) in [7, 11) is 1.52. The van der Waals surface area contributed by atoms with Gasteiger partial charge in [0.25, 0.3) is 5.91 Å². The van der Waals surface area contributed by atoms with Crippen molar-refractivity contribution in [2.75, 3.05) is 20.2 Å². The number of hydrogen-bond donors (Lipinski definition) is 3. The summed E-state index contributed by atoms with van der Waals surface area (Å²) < 4.78 is 5.45. The quantitative estimate of drug-likeness (QED) is 0.446. The number of methoxy groups -OCH3 is 1. The summed E-state index contributed by atoms with van der Waals surface area (Å²) in [5, 5.41) is 16.1. The van der Waals surface area contributed by atoms with Crippen LogP contribution in [-0.4, -0.2) is 53.0 Å². The second kappa shape index (κ2) is 9.79. The second-order valence-corrected chi connectivity index (χ2v) is 11.0. The van der Waals surface area contributed by atoms with Gasteiger partial charge in [0, 0.05) is 46.7 Å². The normalized spacial score (nSPS) is 20.4. The van der Waals surface area contributed by atoms with Gasteiger partial charge >= 0.3 is 0 Å². The van der Waals surface area contributed by atoms with Gasteiger partial charge in [-0.05, 0) is 42.2 Å². The first-order valence-corrected chi connectivity index (χ1v) is 12.6. The summed E-state index contributed by atoms with van der Waals surface area (Å²) in [6.07, 6.45) is 2.18. The lowest BCUT2D eigenvalue weighted by Gasteiger charge is -2.51. The van der Waals surface area contributed by atoms with Crippen molar-refractivity contribution in [1.29, 1.82) is 0 Å². The number of carbonyl (C=O) groups excluding carboxylic acids is 2. The lowest BCUT2D eigenvalue weighted by atomic mass is 9.66. The minimum Gasteiger partial charge on any atom is -0.496 e. The summed E-state index contributed by atoms with van der Waals surface area (Å²) in [5.41, 5.74) is 0.292. The molecule has 36 heavy (non-hydrogen) atoms. The maximum atomic E-state index is 13.7. The van der Waals surface area contributed by atoms with Crippen LogP contribution >= 0.6 is 11.6 Å². The van der Waals surface area contributed by atoms with E-state index < -0.39 is 17.1 Å². The zero-order chi connectivity index (χ0) is 26.3. The van der Waals surface area contributed by atoms with Crippen LogP contribution in [0.1, 0.15) is 50.0 Å². The molecule has 0 spiro atoms. The van der Waals surface area contributed by atoms with E-state index in [-0.39, 0.29) is 17.7 Å². The first-order chi connectivity index (χ1) is 17.0. The molecule has 0 aliphatic carbocycles. The fourth-order valence-electron chi connectivity index (χ4n) is 5.13. The van der Waals surface area contributed by atoms with Gasteiger partial charge in [-0.3, -0.25) is 9.59 Å². The SMILES string of the molecule is COc1cc2[nH]ccc2cc1C(=O)N[C@@H](C(=O)N1CC[C@](O)(c2ccc(Cl)cc2)C(C)(C)C1)C(C)C. The molecule has 0 bridgehead atoms. The van der Waals surface area contributed by atoms with Crippen LogP contribution in [0.3, 0.4) is 0 Å². The third-order valence-electron chi connectivity index (χ3n) is 7.42. The third kappa shape index (κ3) is 4.70. The van der Waals surface area contributed by atoms with Crippen LogP contribution in [0.4, 0.5) is 0 Å².